The molecule has 1 nitrogen and oxygen atoms in total. The van der Waals surface area contributed by atoms with E-state index in [2.05, 4.69) is 52.3 Å². The quantitative estimate of drug-likeness (QED) is 0.706. The van der Waals surface area contributed by atoms with Gasteiger partial charge in [0.05, 0.1) is 0 Å². The van der Waals surface area contributed by atoms with Crippen LogP contribution in [0.5, 0.6) is 0 Å². The van der Waals surface area contributed by atoms with Gasteiger partial charge in [-0.1, -0.05) is 27.7 Å². The van der Waals surface area contributed by atoms with Crippen LogP contribution in [0.4, 0.5) is 0 Å². The van der Waals surface area contributed by atoms with E-state index in [0.29, 0.717) is 10.8 Å². The molecule has 0 aromatic heterocycles. The highest BCUT2D eigenvalue weighted by molar-refractivity contribution is 7.80. The van der Waals surface area contributed by atoms with E-state index in [1.54, 1.807) is 0 Å². The van der Waals surface area contributed by atoms with Crippen LogP contribution in [0, 0.1) is 16.7 Å². The van der Waals surface area contributed by atoms with Crippen molar-refractivity contribution < 1.29 is 0 Å². The lowest BCUT2D eigenvalue weighted by Gasteiger charge is -2.48. The van der Waals surface area contributed by atoms with Crippen LogP contribution in [0.15, 0.2) is 0 Å². The first-order valence-corrected chi connectivity index (χ1v) is 6.19. The minimum absolute atomic E-state index is 0.376. The molecule has 0 aromatic carbocycles. The van der Waals surface area contributed by atoms with E-state index < -0.39 is 0 Å². The molecule has 0 spiro atoms. The normalized spacial score (nSPS) is 21.0. The maximum atomic E-state index is 4.44. The van der Waals surface area contributed by atoms with Crippen molar-refractivity contribution in [3.8, 4) is 0 Å². The first kappa shape index (κ1) is 12.4. The topological polar surface area (TPSA) is 3.24 Å². The molecule has 1 aliphatic heterocycles. The van der Waals surface area contributed by atoms with Crippen molar-refractivity contribution in [3.05, 3.63) is 0 Å². The van der Waals surface area contributed by atoms with Gasteiger partial charge in [-0.2, -0.15) is 12.6 Å². The number of hydrogen-bond acceptors (Lipinski definition) is 2. The fourth-order valence-electron chi connectivity index (χ4n) is 2.63. The lowest BCUT2D eigenvalue weighted by Crippen LogP contribution is -2.51. The van der Waals surface area contributed by atoms with Crippen molar-refractivity contribution in [3.63, 3.8) is 0 Å². The first-order chi connectivity index (χ1) is 6.27. The summed E-state index contributed by atoms with van der Waals surface area (Å²) in [6, 6.07) is 0. The smallest absolute Gasteiger partial charge is 0.00241 e. The Morgan fingerprint density at radius 1 is 1.21 bits per heavy atom. The van der Waals surface area contributed by atoms with Crippen LogP contribution in [-0.4, -0.2) is 30.8 Å². The van der Waals surface area contributed by atoms with Gasteiger partial charge in [0.1, 0.15) is 0 Å². The largest absolute Gasteiger partial charge is 0.306 e. The molecule has 0 aliphatic carbocycles. The van der Waals surface area contributed by atoms with Crippen molar-refractivity contribution in [2.24, 2.45) is 16.7 Å². The summed E-state index contributed by atoms with van der Waals surface area (Å²) in [6.45, 7) is 12.0. The molecule has 1 aliphatic rings. The molecule has 0 bridgehead atoms. The second kappa shape index (κ2) is 4.05. The van der Waals surface area contributed by atoms with Gasteiger partial charge in [-0.05, 0) is 36.0 Å². The molecule has 1 fully saturated rings. The minimum Gasteiger partial charge on any atom is -0.306 e. The fourth-order valence-corrected chi connectivity index (χ4v) is 2.74. The number of thiol groups is 1. The maximum Gasteiger partial charge on any atom is 0.00241 e. The van der Waals surface area contributed by atoms with Crippen LogP contribution in [0.1, 0.15) is 34.1 Å². The molecule has 0 radical (unpaired) electrons. The number of nitrogens with zero attached hydrogens (tertiary/aromatic N) is 1. The van der Waals surface area contributed by atoms with Gasteiger partial charge < -0.3 is 4.90 Å². The molecule has 1 heterocycles. The SMILES string of the molecule is CN1CC(C(C)(C)CC(C)(C)CS)C1. The van der Waals surface area contributed by atoms with Crippen molar-refractivity contribution in [1.82, 2.24) is 4.90 Å². The standard InChI is InChI=1S/C12H25NS/c1-11(2,9-14)8-12(3,4)10-6-13(5)7-10/h10,14H,6-9H2,1-5H3. The molecule has 84 valence electrons. The third-order valence-electron chi connectivity index (χ3n) is 3.53. The Labute approximate surface area is 94.7 Å². The Hall–Kier alpha value is 0.310. The number of hydrogen-bond donors (Lipinski definition) is 1. The Morgan fingerprint density at radius 3 is 2.07 bits per heavy atom. The van der Waals surface area contributed by atoms with Gasteiger partial charge in [-0.3, -0.25) is 0 Å². The average Bonchev–Trinajstić information content (AvgIpc) is 1.97. The summed E-state index contributed by atoms with van der Waals surface area (Å²) < 4.78 is 0. The van der Waals surface area contributed by atoms with E-state index >= 15 is 0 Å². The van der Waals surface area contributed by atoms with E-state index in [0.717, 1.165) is 11.7 Å². The van der Waals surface area contributed by atoms with E-state index in [4.69, 9.17) is 0 Å². The molecule has 0 atom stereocenters. The van der Waals surface area contributed by atoms with Gasteiger partial charge in [-0.15, -0.1) is 0 Å². The van der Waals surface area contributed by atoms with E-state index in [1.807, 2.05) is 0 Å². The molecule has 0 saturated carbocycles. The highest BCUT2D eigenvalue weighted by Crippen LogP contribution is 2.42. The Bertz CT molecular complexity index is 192. The summed E-state index contributed by atoms with van der Waals surface area (Å²) in [5.41, 5.74) is 0.847. The maximum absolute atomic E-state index is 4.44. The van der Waals surface area contributed by atoms with Crippen molar-refractivity contribution in [2.75, 3.05) is 25.9 Å². The summed E-state index contributed by atoms with van der Waals surface area (Å²) in [6.07, 6.45) is 1.28. The highest BCUT2D eigenvalue weighted by atomic mass is 32.1. The van der Waals surface area contributed by atoms with Crippen molar-refractivity contribution in [2.45, 2.75) is 34.1 Å². The molecular formula is C12H25NS. The van der Waals surface area contributed by atoms with Crippen LogP contribution in [0.25, 0.3) is 0 Å². The summed E-state index contributed by atoms with van der Waals surface area (Å²) >= 11 is 4.44. The van der Waals surface area contributed by atoms with E-state index in [-0.39, 0.29) is 0 Å². The Balaban J connectivity index is 2.49. The zero-order valence-electron chi connectivity index (χ0n) is 10.3. The highest BCUT2D eigenvalue weighted by Gasteiger charge is 2.39. The number of rotatable bonds is 4. The monoisotopic (exact) mass is 215 g/mol. The van der Waals surface area contributed by atoms with Gasteiger partial charge >= 0.3 is 0 Å². The minimum atomic E-state index is 0.376. The molecule has 1 rings (SSSR count). The van der Waals surface area contributed by atoms with Gasteiger partial charge in [0.15, 0.2) is 0 Å². The van der Waals surface area contributed by atoms with Crippen molar-refractivity contribution in [1.29, 1.82) is 0 Å². The summed E-state index contributed by atoms with van der Waals surface area (Å²) in [7, 11) is 2.20. The fraction of sp³-hybridized carbons (Fsp3) is 1.00. The zero-order chi connectivity index (χ0) is 11.0. The van der Waals surface area contributed by atoms with E-state index in [1.165, 1.54) is 19.5 Å². The van der Waals surface area contributed by atoms with Gasteiger partial charge in [0.2, 0.25) is 0 Å². The summed E-state index contributed by atoms with van der Waals surface area (Å²) in [5.74, 6) is 1.87. The molecule has 1 saturated heterocycles. The van der Waals surface area contributed by atoms with Gasteiger partial charge in [-0.25, -0.2) is 0 Å². The lowest BCUT2D eigenvalue weighted by molar-refractivity contribution is 0.0110. The molecule has 0 aromatic rings. The average molecular weight is 215 g/mol. The predicted octanol–water partition coefficient (Wildman–Crippen LogP) is 2.92. The molecule has 2 heteroatoms. The summed E-state index contributed by atoms with van der Waals surface area (Å²) in [5, 5.41) is 0. The lowest BCUT2D eigenvalue weighted by atomic mass is 9.66. The molecular weight excluding hydrogens is 190 g/mol. The molecule has 14 heavy (non-hydrogen) atoms. The zero-order valence-corrected chi connectivity index (χ0v) is 11.2. The van der Waals surface area contributed by atoms with E-state index in [9.17, 15) is 0 Å². The van der Waals surface area contributed by atoms with Crippen molar-refractivity contribution >= 4 is 12.6 Å². The molecule has 0 unspecified atom stereocenters. The summed E-state index contributed by atoms with van der Waals surface area (Å²) in [4.78, 5) is 2.40. The molecule has 0 amide bonds. The third kappa shape index (κ3) is 2.90. The van der Waals surface area contributed by atoms with Crippen LogP contribution < -0.4 is 0 Å². The first-order valence-electron chi connectivity index (χ1n) is 5.56. The third-order valence-corrected chi connectivity index (χ3v) is 4.39. The van der Waals surface area contributed by atoms with Crippen LogP contribution in [0.3, 0.4) is 0 Å². The van der Waals surface area contributed by atoms with Crippen LogP contribution in [0.2, 0.25) is 0 Å². The van der Waals surface area contributed by atoms with Gasteiger partial charge in [0.25, 0.3) is 0 Å². The van der Waals surface area contributed by atoms with Crippen LogP contribution >= 0.6 is 12.6 Å². The molecule has 0 N–H and O–H groups in total. The Kier molecular flexibility index (Phi) is 3.58. The number of likely N-dealkylation sites (tertiary alicyclic amines) is 1. The van der Waals surface area contributed by atoms with Gasteiger partial charge in [0, 0.05) is 13.1 Å². The van der Waals surface area contributed by atoms with Crippen LogP contribution in [-0.2, 0) is 0 Å². The Morgan fingerprint density at radius 2 is 1.71 bits per heavy atom. The second-order valence-corrected chi connectivity index (χ2v) is 6.72. The predicted molar refractivity (Wildman–Crippen MR) is 67.0 cm³/mol. The second-order valence-electron chi connectivity index (χ2n) is 6.41.